The third kappa shape index (κ3) is 3.44. The average Bonchev–Trinajstić information content (AvgIpc) is 2.08. The minimum Gasteiger partial charge on any atom is -0.313 e. The molecular weight excluding hydrogens is 371 g/mol. The van der Waals surface area contributed by atoms with Crippen LogP contribution < -0.4 is 0 Å². The molecule has 0 aromatic carbocycles. The Morgan fingerprint density at radius 3 is 1.00 bits per heavy atom. The van der Waals surface area contributed by atoms with Gasteiger partial charge in [0.15, 0.2) is 0 Å². The molecule has 0 aliphatic carbocycles. The molecule has 0 nitrogen and oxygen atoms in total. The largest absolute Gasteiger partial charge is 0.313 e. The van der Waals surface area contributed by atoms with E-state index in [9.17, 15) is 0 Å². The second kappa shape index (κ2) is 5.98. The molecule has 22 heavy (non-hydrogen) atoms. The molecule has 0 bridgehead atoms. The smallest absolute Gasteiger partial charge is 0.260 e. The van der Waals surface area contributed by atoms with Gasteiger partial charge in [0, 0.05) is 4.07 Å². The molecule has 0 saturated heterocycles. The van der Waals surface area contributed by atoms with Gasteiger partial charge in [-0.25, -0.2) is 0 Å². The number of alkyl halides is 1. The van der Waals surface area contributed by atoms with Crippen LogP contribution in [0, 0.1) is 0 Å². The van der Waals surface area contributed by atoms with Crippen LogP contribution in [0.25, 0.3) is 0 Å². The first-order valence-electron chi connectivity index (χ1n) is 8.48. The Labute approximate surface area is 150 Å². The maximum absolute atomic E-state index is 16.2. The highest BCUT2D eigenvalue weighted by atomic mass is 79.9. The first-order valence-corrected chi connectivity index (χ1v) is 13.9. The van der Waals surface area contributed by atoms with Gasteiger partial charge in [-0.05, 0) is 26.7 Å². The Bertz CT molecular complexity index is 353. The van der Waals surface area contributed by atoms with Crippen molar-refractivity contribution in [3.63, 3.8) is 0 Å². The minimum absolute atomic E-state index is 0.0208. The quantitative estimate of drug-likeness (QED) is 0.245. The fraction of sp³-hybridized carbons (Fsp3) is 1.00. The summed E-state index contributed by atoms with van der Waals surface area (Å²) < 4.78 is 16.2. The lowest BCUT2D eigenvalue weighted by Crippen LogP contribution is -2.71. The van der Waals surface area contributed by atoms with Crippen molar-refractivity contribution in [3.8, 4) is 0 Å². The summed E-state index contributed by atoms with van der Waals surface area (Å²) in [7, 11) is -5.14. The van der Waals surface area contributed by atoms with E-state index in [0.717, 1.165) is 0 Å². The van der Waals surface area contributed by atoms with Crippen LogP contribution in [0.5, 0.6) is 0 Å². The van der Waals surface area contributed by atoms with Gasteiger partial charge in [-0.2, -0.15) is 0 Å². The van der Waals surface area contributed by atoms with Crippen LogP contribution in [0.15, 0.2) is 0 Å². The van der Waals surface area contributed by atoms with Gasteiger partial charge in [0.25, 0.3) is 8.41 Å². The fourth-order valence-electron chi connectivity index (χ4n) is 5.30. The van der Waals surface area contributed by atoms with Crippen LogP contribution in [-0.2, 0) is 0 Å². The Morgan fingerprint density at radius 1 is 0.636 bits per heavy atom. The zero-order chi connectivity index (χ0) is 18.6. The van der Waals surface area contributed by atoms with E-state index in [-0.39, 0.29) is 24.2 Å². The minimum atomic E-state index is -2.99. The van der Waals surface area contributed by atoms with E-state index in [1.807, 2.05) is 6.55 Å². The standard InChI is InChI=1S/C18H40BrFSi2/c1-15(2,3)21(13,20)14(19)22(16(4,5)6,17(7,8)9)18(10,11)12/h14H,1-13H3. The van der Waals surface area contributed by atoms with Crippen molar-refractivity contribution in [3.05, 3.63) is 0 Å². The fourth-order valence-corrected chi connectivity index (χ4v) is 31.8. The molecule has 0 aromatic heterocycles. The summed E-state index contributed by atoms with van der Waals surface area (Å²) in [5.41, 5.74) is 0. The van der Waals surface area contributed by atoms with Crippen molar-refractivity contribution in [2.75, 3.05) is 0 Å². The van der Waals surface area contributed by atoms with Gasteiger partial charge in [0.05, 0.1) is 8.07 Å². The van der Waals surface area contributed by atoms with Crippen LogP contribution in [0.3, 0.4) is 0 Å². The Morgan fingerprint density at radius 2 is 0.864 bits per heavy atom. The lowest BCUT2D eigenvalue weighted by atomic mass is 10.2. The summed E-state index contributed by atoms with van der Waals surface area (Å²) in [5, 5.41) is 0.0803. The number of hydrogen-bond donors (Lipinski definition) is 0. The molecule has 0 heterocycles. The third-order valence-electron chi connectivity index (χ3n) is 5.87. The topological polar surface area (TPSA) is 0 Å². The van der Waals surface area contributed by atoms with Crippen molar-refractivity contribution in [2.45, 2.75) is 114 Å². The third-order valence-corrected chi connectivity index (χ3v) is 25.2. The summed E-state index contributed by atoms with van der Waals surface area (Å²) in [6.07, 6.45) is 0. The maximum atomic E-state index is 16.2. The predicted molar refractivity (Wildman–Crippen MR) is 110 cm³/mol. The lowest BCUT2D eigenvalue weighted by molar-refractivity contribution is 0.522. The molecular formula is C18H40BrFSi2. The summed E-state index contributed by atoms with van der Waals surface area (Å²) in [4.78, 5) is 0. The highest BCUT2D eigenvalue weighted by molar-refractivity contribution is 9.10. The van der Waals surface area contributed by atoms with Crippen molar-refractivity contribution >= 4 is 32.4 Å². The van der Waals surface area contributed by atoms with Crippen LogP contribution in [0.4, 0.5) is 4.11 Å². The van der Waals surface area contributed by atoms with Crippen LogP contribution >= 0.6 is 15.9 Å². The predicted octanol–water partition coefficient (Wildman–Crippen LogP) is 8.02. The molecule has 0 N–H and O–H groups in total. The van der Waals surface area contributed by atoms with Gasteiger partial charge in [-0.15, -0.1) is 0 Å². The van der Waals surface area contributed by atoms with E-state index in [1.54, 1.807) is 0 Å². The van der Waals surface area contributed by atoms with E-state index in [4.69, 9.17) is 0 Å². The van der Waals surface area contributed by atoms with Crippen LogP contribution in [0.2, 0.25) is 26.7 Å². The Hall–Kier alpha value is 0.844. The molecule has 0 amide bonds. The van der Waals surface area contributed by atoms with Crippen molar-refractivity contribution in [1.82, 2.24) is 0 Å². The molecule has 0 spiro atoms. The van der Waals surface area contributed by atoms with Gasteiger partial charge in [0.2, 0.25) is 0 Å². The lowest BCUT2D eigenvalue weighted by Gasteiger charge is -2.64. The van der Waals surface area contributed by atoms with Gasteiger partial charge in [-0.3, -0.25) is 0 Å². The molecule has 0 aromatic rings. The zero-order valence-electron chi connectivity index (χ0n) is 17.3. The second-order valence-electron chi connectivity index (χ2n) is 11.2. The molecule has 0 saturated carbocycles. The van der Waals surface area contributed by atoms with Gasteiger partial charge < -0.3 is 4.11 Å². The first kappa shape index (κ1) is 22.8. The normalized spacial score (nSPS) is 19.8. The number of hydrogen-bond acceptors (Lipinski definition) is 0. The van der Waals surface area contributed by atoms with E-state index in [0.29, 0.717) is 0 Å². The monoisotopic (exact) mass is 410 g/mol. The number of rotatable bonds is 2. The maximum Gasteiger partial charge on any atom is 0.260 e. The molecule has 0 aliphatic rings. The highest BCUT2D eigenvalue weighted by Crippen LogP contribution is 2.67. The molecule has 4 heteroatoms. The van der Waals surface area contributed by atoms with E-state index < -0.39 is 16.5 Å². The molecule has 0 radical (unpaired) electrons. The summed E-state index contributed by atoms with van der Waals surface area (Å²) in [6, 6.07) is 0. The average molecular weight is 412 g/mol. The van der Waals surface area contributed by atoms with Crippen molar-refractivity contribution in [1.29, 1.82) is 0 Å². The molecule has 2 atom stereocenters. The van der Waals surface area contributed by atoms with E-state index in [1.165, 1.54) is 0 Å². The molecule has 0 rings (SSSR count). The molecule has 0 aliphatic heterocycles. The number of halogens is 2. The van der Waals surface area contributed by atoms with E-state index >= 15 is 4.11 Å². The summed E-state index contributed by atoms with van der Waals surface area (Å²) in [6.45, 7) is 29.3. The molecule has 0 fully saturated rings. The Kier molecular flexibility index (Phi) is 6.21. The second-order valence-corrected chi connectivity index (χ2v) is 25.4. The van der Waals surface area contributed by atoms with Crippen LogP contribution in [-0.4, -0.2) is 20.6 Å². The molecule has 134 valence electrons. The van der Waals surface area contributed by atoms with Gasteiger partial charge in [-0.1, -0.05) is 99.0 Å². The van der Waals surface area contributed by atoms with Gasteiger partial charge in [0.1, 0.15) is 0 Å². The van der Waals surface area contributed by atoms with Gasteiger partial charge >= 0.3 is 0 Å². The van der Waals surface area contributed by atoms with Crippen LogP contribution in [0.1, 0.15) is 83.1 Å². The van der Waals surface area contributed by atoms with Crippen molar-refractivity contribution in [2.24, 2.45) is 0 Å². The highest BCUT2D eigenvalue weighted by Gasteiger charge is 2.69. The SMILES string of the molecule is CC(C)(C)[Si](C)(F)C(Br)[Si](C(C)(C)C)(C(C)(C)C)C(C)(C)C. The summed E-state index contributed by atoms with van der Waals surface area (Å²) >= 11 is 4.01. The van der Waals surface area contributed by atoms with E-state index in [2.05, 4.69) is 99.0 Å². The zero-order valence-corrected chi connectivity index (χ0v) is 20.9. The Balaban J connectivity index is 6.73. The van der Waals surface area contributed by atoms with Crippen molar-refractivity contribution < 1.29 is 4.11 Å². The molecule has 2 unspecified atom stereocenters. The summed E-state index contributed by atoms with van der Waals surface area (Å²) in [5.74, 6) is 0. The first-order chi connectivity index (χ1) is 9.15.